The van der Waals surface area contributed by atoms with Crippen LogP contribution in [0.25, 0.3) is 11.4 Å². The van der Waals surface area contributed by atoms with Crippen molar-refractivity contribution in [2.45, 2.75) is 20.8 Å². The molecule has 78 valence electrons. The average Bonchev–Trinajstić information content (AvgIpc) is 2.60. The van der Waals surface area contributed by atoms with Crippen LogP contribution in [0.15, 0.2) is 10.8 Å². The molecule has 0 unspecified atom stereocenters. The van der Waals surface area contributed by atoms with Gasteiger partial charge in [-0.25, -0.2) is 4.98 Å². The fraction of sp³-hybridized carbons (Fsp3) is 0.273. The Balaban J connectivity index is 2.66. The Bertz CT molecular complexity index is 552. The van der Waals surface area contributed by atoms with E-state index < -0.39 is 0 Å². The van der Waals surface area contributed by atoms with Gasteiger partial charge in [-0.1, -0.05) is 12.2 Å². The van der Waals surface area contributed by atoms with Crippen LogP contribution in [0.1, 0.15) is 16.8 Å². The van der Waals surface area contributed by atoms with Crippen molar-refractivity contribution in [1.29, 1.82) is 0 Å². The van der Waals surface area contributed by atoms with Crippen molar-refractivity contribution in [1.82, 2.24) is 9.97 Å². The van der Waals surface area contributed by atoms with Crippen LogP contribution in [-0.2, 0) is 0 Å². The van der Waals surface area contributed by atoms with Crippen molar-refractivity contribution in [3.8, 4) is 11.4 Å². The molecule has 0 spiro atoms. The zero-order valence-electron chi connectivity index (χ0n) is 8.92. The Labute approximate surface area is 98.0 Å². The van der Waals surface area contributed by atoms with Crippen molar-refractivity contribution in [2.24, 2.45) is 0 Å². The first kappa shape index (κ1) is 10.5. The van der Waals surface area contributed by atoms with Gasteiger partial charge in [0, 0.05) is 22.2 Å². The predicted octanol–water partition coefficient (Wildman–Crippen LogP) is 3.79. The molecule has 0 saturated carbocycles. The first-order chi connectivity index (χ1) is 7.09. The summed E-state index contributed by atoms with van der Waals surface area (Å²) in [6, 6.07) is 0. The van der Waals surface area contributed by atoms with Gasteiger partial charge in [-0.05, 0) is 31.7 Å². The van der Waals surface area contributed by atoms with Crippen molar-refractivity contribution < 1.29 is 0 Å². The van der Waals surface area contributed by atoms with Crippen molar-refractivity contribution in [3.05, 3.63) is 32.2 Å². The summed E-state index contributed by atoms with van der Waals surface area (Å²) in [7, 11) is 0. The van der Waals surface area contributed by atoms with Gasteiger partial charge in [0.25, 0.3) is 0 Å². The molecule has 2 aromatic rings. The van der Waals surface area contributed by atoms with Crippen LogP contribution in [0.3, 0.4) is 0 Å². The fourth-order valence-corrected chi connectivity index (χ4v) is 2.45. The molecule has 2 heterocycles. The highest BCUT2D eigenvalue weighted by Gasteiger charge is 2.06. The summed E-state index contributed by atoms with van der Waals surface area (Å²) in [5.74, 6) is 0.877. The topological polar surface area (TPSA) is 28.7 Å². The van der Waals surface area contributed by atoms with Gasteiger partial charge < -0.3 is 4.98 Å². The molecule has 2 nitrogen and oxygen atoms in total. The molecule has 0 bridgehead atoms. The van der Waals surface area contributed by atoms with Crippen LogP contribution < -0.4 is 0 Å². The summed E-state index contributed by atoms with van der Waals surface area (Å²) in [5, 5.41) is 4.21. The summed E-state index contributed by atoms with van der Waals surface area (Å²) in [5.41, 5.74) is 4.54. The van der Waals surface area contributed by atoms with Gasteiger partial charge in [0.2, 0.25) is 0 Å². The summed E-state index contributed by atoms with van der Waals surface area (Å²) < 4.78 is 0.687. The number of hydrogen-bond donors (Lipinski definition) is 1. The van der Waals surface area contributed by atoms with E-state index in [1.54, 1.807) is 11.3 Å². The number of thiophene rings is 1. The molecule has 0 aliphatic heterocycles. The Morgan fingerprint density at radius 2 is 2.00 bits per heavy atom. The molecule has 0 atom stereocenters. The molecule has 0 fully saturated rings. The average molecular weight is 236 g/mol. The maximum atomic E-state index is 5.22. The van der Waals surface area contributed by atoms with Crippen LogP contribution >= 0.6 is 23.6 Å². The Morgan fingerprint density at radius 3 is 2.53 bits per heavy atom. The van der Waals surface area contributed by atoms with Gasteiger partial charge in [-0.3, -0.25) is 0 Å². The number of aryl methyl sites for hydroxylation is 2. The monoisotopic (exact) mass is 236 g/mol. The van der Waals surface area contributed by atoms with Gasteiger partial charge >= 0.3 is 0 Å². The number of nitrogens with zero attached hydrogens (tertiary/aromatic N) is 1. The van der Waals surface area contributed by atoms with Gasteiger partial charge in [-0.15, -0.1) is 0 Å². The first-order valence-electron chi connectivity index (χ1n) is 4.70. The number of hydrogen-bond acceptors (Lipinski definition) is 3. The maximum Gasteiger partial charge on any atom is 0.140 e. The second-order valence-electron chi connectivity index (χ2n) is 3.61. The van der Waals surface area contributed by atoms with E-state index >= 15 is 0 Å². The Hall–Kier alpha value is -1.00. The molecule has 0 aliphatic rings. The lowest BCUT2D eigenvalue weighted by Gasteiger charge is -2.05. The maximum absolute atomic E-state index is 5.22. The van der Waals surface area contributed by atoms with Crippen LogP contribution in [-0.4, -0.2) is 9.97 Å². The molecule has 4 heteroatoms. The third kappa shape index (κ3) is 1.87. The minimum atomic E-state index is 0.687. The molecule has 2 rings (SSSR count). The molecule has 0 aromatic carbocycles. The number of rotatable bonds is 1. The summed E-state index contributed by atoms with van der Waals surface area (Å²) in [4.78, 5) is 7.69. The summed E-state index contributed by atoms with van der Waals surface area (Å²) in [6.07, 6.45) is 0. The van der Waals surface area contributed by atoms with E-state index in [1.807, 2.05) is 13.8 Å². The zero-order chi connectivity index (χ0) is 11.0. The molecular formula is C11H12N2S2. The first-order valence-corrected chi connectivity index (χ1v) is 6.05. The number of aromatic nitrogens is 2. The van der Waals surface area contributed by atoms with Crippen molar-refractivity contribution in [3.63, 3.8) is 0 Å². The van der Waals surface area contributed by atoms with E-state index in [1.165, 1.54) is 5.56 Å². The normalized spacial score (nSPS) is 10.6. The molecule has 1 N–H and O–H groups in total. The van der Waals surface area contributed by atoms with E-state index in [0.717, 1.165) is 22.6 Å². The minimum Gasteiger partial charge on any atom is -0.343 e. The Kier molecular flexibility index (Phi) is 2.71. The largest absolute Gasteiger partial charge is 0.343 e. The SMILES string of the molecule is Cc1cscc1-c1nc(=S)c(C)c(C)[nH]1. The third-order valence-corrected chi connectivity index (χ3v) is 3.77. The van der Waals surface area contributed by atoms with Gasteiger partial charge in [0.15, 0.2) is 0 Å². The molecule has 15 heavy (non-hydrogen) atoms. The number of H-pyrrole nitrogens is 1. The van der Waals surface area contributed by atoms with Crippen molar-refractivity contribution in [2.75, 3.05) is 0 Å². The van der Waals surface area contributed by atoms with Crippen LogP contribution in [0.2, 0.25) is 0 Å². The van der Waals surface area contributed by atoms with E-state index in [9.17, 15) is 0 Å². The standard InChI is InChI=1S/C11H12N2S2/c1-6-4-15-5-9(6)10-12-8(3)7(2)11(14)13-10/h4-5H,1-3H3,(H,12,13,14). The van der Waals surface area contributed by atoms with Crippen LogP contribution in [0.4, 0.5) is 0 Å². The minimum absolute atomic E-state index is 0.687. The van der Waals surface area contributed by atoms with Gasteiger partial charge in [0.1, 0.15) is 10.5 Å². The highest BCUT2D eigenvalue weighted by Crippen LogP contribution is 2.24. The fourth-order valence-electron chi connectivity index (χ4n) is 1.38. The second kappa shape index (κ2) is 3.87. The molecule has 0 aliphatic carbocycles. The second-order valence-corrected chi connectivity index (χ2v) is 4.74. The Morgan fingerprint density at radius 1 is 1.27 bits per heavy atom. The van der Waals surface area contributed by atoms with Crippen LogP contribution in [0, 0.1) is 25.4 Å². The van der Waals surface area contributed by atoms with Gasteiger partial charge in [-0.2, -0.15) is 11.3 Å². The lowest BCUT2D eigenvalue weighted by Crippen LogP contribution is -1.96. The molecule has 0 saturated heterocycles. The van der Waals surface area contributed by atoms with Gasteiger partial charge in [0.05, 0.1) is 0 Å². The van der Waals surface area contributed by atoms with E-state index in [4.69, 9.17) is 12.2 Å². The lowest BCUT2D eigenvalue weighted by molar-refractivity contribution is 1.06. The number of aromatic amines is 1. The highest BCUT2D eigenvalue weighted by atomic mass is 32.1. The molecule has 2 aromatic heterocycles. The summed E-state index contributed by atoms with van der Waals surface area (Å²) >= 11 is 6.90. The highest BCUT2D eigenvalue weighted by molar-refractivity contribution is 7.71. The lowest BCUT2D eigenvalue weighted by atomic mass is 10.2. The van der Waals surface area contributed by atoms with Crippen LogP contribution in [0.5, 0.6) is 0 Å². The predicted molar refractivity (Wildman–Crippen MR) is 66.9 cm³/mol. The van der Waals surface area contributed by atoms with Crippen molar-refractivity contribution >= 4 is 23.6 Å². The zero-order valence-corrected chi connectivity index (χ0v) is 10.6. The molecule has 0 radical (unpaired) electrons. The van der Waals surface area contributed by atoms with E-state index in [0.29, 0.717) is 4.64 Å². The molecule has 0 amide bonds. The molecular weight excluding hydrogens is 224 g/mol. The quantitative estimate of drug-likeness (QED) is 0.763. The van der Waals surface area contributed by atoms with E-state index in [2.05, 4.69) is 27.7 Å². The number of nitrogens with one attached hydrogen (secondary N) is 1. The smallest absolute Gasteiger partial charge is 0.140 e. The van der Waals surface area contributed by atoms with E-state index in [-0.39, 0.29) is 0 Å². The third-order valence-electron chi connectivity index (χ3n) is 2.51. The summed E-state index contributed by atoms with van der Waals surface area (Å²) in [6.45, 7) is 6.10.